The number of rotatable bonds is 5. The number of aromatic nitrogens is 6. The number of nitriles is 1. The third-order valence-corrected chi connectivity index (χ3v) is 4.54. The Balaban J connectivity index is 2.10. The lowest BCUT2D eigenvalue weighted by molar-refractivity contribution is 0.630. The largest absolute Gasteiger partial charge is 0.297 e. The van der Waals surface area contributed by atoms with Crippen molar-refractivity contribution in [2.45, 2.75) is 18.5 Å². The zero-order valence-corrected chi connectivity index (χ0v) is 14.1. The topological polar surface area (TPSA) is 94.3 Å². The highest BCUT2D eigenvalue weighted by molar-refractivity contribution is 7.99. The Kier molecular flexibility index (Phi) is 4.48. The summed E-state index contributed by atoms with van der Waals surface area (Å²) in [6.07, 6.45) is 0.388. The van der Waals surface area contributed by atoms with Gasteiger partial charge in [-0.1, -0.05) is 30.0 Å². The summed E-state index contributed by atoms with van der Waals surface area (Å²) in [5, 5.41) is 20.7. The summed E-state index contributed by atoms with van der Waals surface area (Å²) >= 11 is 1.35. The predicted octanol–water partition coefficient (Wildman–Crippen LogP) is 1.47. The van der Waals surface area contributed by atoms with Gasteiger partial charge in [0.05, 0.1) is 17.5 Å². The van der Waals surface area contributed by atoms with Crippen LogP contribution in [0.1, 0.15) is 12.1 Å². The van der Waals surface area contributed by atoms with Gasteiger partial charge < -0.3 is 0 Å². The van der Waals surface area contributed by atoms with Crippen molar-refractivity contribution >= 4 is 11.8 Å². The van der Waals surface area contributed by atoms with Crippen LogP contribution in [-0.2, 0) is 7.05 Å². The van der Waals surface area contributed by atoms with Gasteiger partial charge in [-0.2, -0.15) is 9.94 Å². The van der Waals surface area contributed by atoms with Gasteiger partial charge >= 0.3 is 0 Å². The zero-order valence-electron chi connectivity index (χ0n) is 13.2. The summed E-state index contributed by atoms with van der Waals surface area (Å²) in [5.41, 5.74) is 1.73. The lowest BCUT2D eigenvalue weighted by atomic mass is 10.3. The average Bonchev–Trinajstić information content (AvgIpc) is 3.12. The molecule has 1 aromatic carbocycles. The van der Waals surface area contributed by atoms with Gasteiger partial charge in [-0.05, 0) is 29.5 Å². The second kappa shape index (κ2) is 6.72. The first kappa shape index (κ1) is 16.0. The summed E-state index contributed by atoms with van der Waals surface area (Å²) in [5.74, 6) is 0.565. The number of hydrogen-bond acceptors (Lipinski definition) is 6. The molecule has 122 valence electrons. The normalized spacial score (nSPS) is 10.7. The number of benzene rings is 1. The Morgan fingerprint density at radius 1 is 1.29 bits per heavy atom. The maximum absolute atomic E-state index is 13.0. The van der Waals surface area contributed by atoms with Crippen molar-refractivity contribution in [1.82, 2.24) is 29.6 Å². The molecule has 0 saturated carbocycles. The average molecular weight is 341 g/mol. The Bertz CT molecular complexity index is 949. The van der Waals surface area contributed by atoms with E-state index in [4.69, 9.17) is 5.26 Å². The minimum atomic E-state index is -0.198. The fourth-order valence-corrected chi connectivity index (χ4v) is 3.12. The molecule has 0 fully saturated rings. The predicted molar refractivity (Wildman–Crippen MR) is 89.4 cm³/mol. The molecule has 0 aliphatic carbocycles. The van der Waals surface area contributed by atoms with Crippen LogP contribution in [0.2, 0.25) is 0 Å². The van der Waals surface area contributed by atoms with Gasteiger partial charge in [0, 0.05) is 19.2 Å². The summed E-state index contributed by atoms with van der Waals surface area (Å²) in [7, 11) is 1.82. The van der Waals surface area contributed by atoms with Crippen LogP contribution in [0.15, 0.2) is 40.3 Å². The highest BCUT2D eigenvalue weighted by Gasteiger charge is 2.21. The first-order valence-corrected chi connectivity index (χ1v) is 8.26. The molecule has 2 aromatic heterocycles. The fraction of sp³-hybridized carbons (Fsp3) is 0.267. The summed E-state index contributed by atoms with van der Waals surface area (Å²) in [6.45, 7) is 1.85. The molecule has 3 rings (SSSR count). The molecule has 24 heavy (non-hydrogen) atoms. The van der Waals surface area contributed by atoms with E-state index in [1.807, 2.05) is 44.3 Å². The monoisotopic (exact) mass is 341 g/mol. The lowest BCUT2D eigenvalue weighted by Gasteiger charge is -2.07. The Labute approximate surface area is 142 Å². The molecule has 0 N–H and O–H groups in total. The SMILES string of the molecule is Cc1c(-n2nnnc2SCCC#N)c(=O)n(-c2ccccc2)n1C. The van der Waals surface area contributed by atoms with Crippen molar-refractivity contribution in [1.29, 1.82) is 5.26 Å². The third kappa shape index (κ3) is 2.72. The quantitative estimate of drug-likeness (QED) is 0.515. The standard InChI is InChI=1S/C15H15N7OS/c1-11-13(21-15(17-18-19-21)24-10-6-9-16)14(23)22(20(11)2)12-7-4-3-5-8-12/h3-5,7-8H,6,10H2,1-2H3. The number of hydrogen-bond donors (Lipinski definition) is 0. The van der Waals surface area contributed by atoms with Crippen molar-refractivity contribution in [3.8, 4) is 17.4 Å². The van der Waals surface area contributed by atoms with E-state index in [2.05, 4.69) is 21.6 Å². The van der Waals surface area contributed by atoms with E-state index in [0.29, 0.717) is 23.0 Å². The molecular weight excluding hydrogens is 326 g/mol. The summed E-state index contributed by atoms with van der Waals surface area (Å²) in [4.78, 5) is 13.0. The third-order valence-electron chi connectivity index (χ3n) is 3.62. The lowest BCUT2D eigenvalue weighted by Crippen LogP contribution is -2.22. The van der Waals surface area contributed by atoms with Gasteiger partial charge in [0.15, 0.2) is 5.69 Å². The number of thioether (sulfide) groups is 1. The molecule has 8 nitrogen and oxygen atoms in total. The first-order chi connectivity index (χ1) is 11.6. The Hall–Kier alpha value is -2.86. The van der Waals surface area contributed by atoms with Gasteiger partial charge in [-0.3, -0.25) is 9.48 Å². The van der Waals surface area contributed by atoms with Gasteiger partial charge in [0.2, 0.25) is 5.16 Å². The van der Waals surface area contributed by atoms with E-state index in [9.17, 15) is 4.79 Å². The summed E-state index contributed by atoms with van der Waals surface area (Å²) in [6, 6.07) is 11.5. The van der Waals surface area contributed by atoms with E-state index < -0.39 is 0 Å². The van der Waals surface area contributed by atoms with Gasteiger partial charge in [0.1, 0.15) is 0 Å². The molecule has 0 atom stereocenters. The van der Waals surface area contributed by atoms with Crippen LogP contribution in [0, 0.1) is 18.3 Å². The molecule has 0 unspecified atom stereocenters. The highest BCUT2D eigenvalue weighted by Crippen LogP contribution is 2.20. The van der Waals surface area contributed by atoms with Gasteiger partial charge in [0.25, 0.3) is 5.56 Å². The molecular formula is C15H15N7OS. The molecule has 3 aromatic rings. The Morgan fingerprint density at radius 2 is 2.04 bits per heavy atom. The van der Waals surface area contributed by atoms with Gasteiger partial charge in [-0.15, -0.1) is 5.10 Å². The first-order valence-electron chi connectivity index (χ1n) is 7.27. The second-order valence-corrected chi connectivity index (χ2v) is 6.10. The highest BCUT2D eigenvalue weighted by atomic mass is 32.2. The van der Waals surface area contributed by atoms with E-state index in [1.54, 1.807) is 9.36 Å². The van der Waals surface area contributed by atoms with E-state index in [-0.39, 0.29) is 5.56 Å². The maximum Gasteiger partial charge on any atom is 0.297 e. The fourth-order valence-electron chi connectivity index (χ4n) is 2.40. The van der Waals surface area contributed by atoms with Gasteiger partial charge in [-0.25, -0.2) is 4.68 Å². The van der Waals surface area contributed by atoms with E-state index in [1.165, 1.54) is 16.4 Å². The van der Waals surface area contributed by atoms with Crippen molar-refractivity contribution in [3.05, 3.63) is 46.4 Å². The smallest absolute Gasteiger partial charge is 0.283 e. The number of para-hydroxylation sites is 1. The van der Waals surface area contributed by atoms with Crippen LogP contribution in [0.3, 0.4) is 0 Å². The number of nitrogens with zero attached hydrogens (tertiary/aromatic N) is 7. The molecule has 0 amide bonds. The minimum absolute atomic E-state index is 0.198. The molecule has 0 aliphatic heterocycles. The van der Waals surface area contributed by atoms with Crippen LogP contribution < -0.4 is 5.56 Å². The molecule has 0 aliphatic rings. The number of tetrazole rings is 1. The molecule has 9 heteroatoms. The van der Waals surface area contributed by atoms with Crippen molar-refractivity contribution < 1.29 is 0 Å². The van der Waals surface area contributed by atoms with Crippen molar-refractivity contribution in [2.75, 3.05) is 5.75 Å². The molecule has 0 bridgehead atoms. The van der Waals surface area contributed by atoms with Crippen LogP contribution in [0.5, 0.6) is 0 Å². The Morgan fingerprint density at radius 3 is 2.75 bits per heavy atom. The second-order valence-electron chi connectivity index (χ2n) is 5.04. The summed E-state index contributed by atoms with van der Waals surface area (Å²) < 4.78 is 4.80. The van der Waals surface area contributed by atoms with E-state index in [0.717, 1.165) is 11.4 Å². The van der Waals surface area contributed by atoms with Crippen LogP contribution in [0.25, 0.3) is 11.4 Å². The van der Waals surface area contributed by atoms with E-state index >= 15 is 0 Å². The molecule has 2 heterocycles. The van der Waals surface area contributed by atoms with Crippen LogP contribution in [-0.4, -0.2) is 35.3 Å². The van der Waals surface area contributed by atoms with Crippen molar-refractivity contribution in [2.24, 2.45) is 7.05 Å². The molecule has 0 saturated heterocycles. The van der Waals surface area contributed by atoms with Crippen LogP contribution in [0.4, 0.5) is 0 Å². The molecule has 0 spiro atoms. The van der Waals surface area contributed by atoms with Crippen molar-refractivity contribution in [3.63, 3.8) is 0 Å². The maximum atomic E-state index is 13.0. The van der Waals surface area contributed by atoms with Crippen LogP contribution >= 0.6 is 11.8 Å². The minimum Gasteiger partial charge on any atom is -0.283 e. The molecule has 0 radical (unpaired) electrons. The zero-order chi connectivity index (χ0) is 17.1.